The molecule has 3 heterocycles. The van der Waals surface area contributed by atoms with Gasteiger partial charge in [0.2, 0.25) is 0 Å². The fraction of sp³-hybridized carbons (Fsp3) is 0.314. The Hall–Kier alpha value is -5.33. The smallest absolute Gasteiger partial charge is 0.410 e. The lowest BCUT2D eigenvalue weighted by molar-refractivity contribution is 0.0320. The molecule has 0 aliphatic heterocycles. The number of anilines is 4. The van der Waals surface area contributed by atoms with E-state index in [1.165, 1.54) is 39.7 Å². The number of thiazole rings is 2. The monoisotopic (exact) mass is 717 g/mol. The molecule has 0 bridgehead atoms. The number of nitrogens with one attached hydrogen (secondary N) is 1. The van der Waals surface area contributed by atoms with E-state index in [2.05, 4.69) is 37.3 Å². The number of aromatic nitrogens is 4. The van der Waals surface area contributed by atoms with Crippen LogP contribution in [0.25, 0.3) is 10.2 Å². The van der Waals surface area contributed by atoms with Gasteiger partial charge in [0.15, 0.2) is 39.2 Å². The molecule has 1 amide bonds. The van der Waals surface area contributed by atoms with Gasteiger partial charge in [0.1, 0.15) is 5.60 Å². The molecule has 260 valence electrons. The zero-order valence-corrected chi connectivity index (χ0v) is 30.0. The minimum absolute atomic E-state index is 0.0536. The third-order valence-corrected chi connectivity index (χ3v) is 9.15. The molecule has 0 radical (unpaired) electrons. The van der Waals surface area contributed by atoms with Gasteiger partial charge in [-0.3, -0.25) is 0 Å². The molecular weight excluding hydrogens is 682 g/mol. The van der Waals surface area contributed by atoms with Crippen molar-refractivity contribution in [1.82, 2.24) is 25.1 Å². The molecule has 0 saturated heterocycles. The fourth-order valence-electron chi connectivity index (χ4n) is 4.48. The van der Waals surface area contributed by atoms with Crippen molar-refractivity contribution < 1.29 is 28.6 Å². The molecule has 50 heavy (non-hydrogen) atoms. The molecule has 0 spiro atoms. The third-order valence-electron chi connectivity index (χ3n) is 7.00. The van der Waals surface area contributed by atoms with Crippen LogP contribution in [-0.4, -0.2) is 75.1 Å². The van der Waals surface area contributed by atoms with Gasteiger partial charge in [-0.1, -0.05) is 35.3 Å². The topological polar surface area (TPSA) is 143 Å². The highest BCUT2D eigenvalue weighted by Gasteiger charge is 2.22. The zero-order chi connectivity index (χ0) is 36.0. The Morgan fingerprint density at radius 2 is 1.84 bits per heavy atom. The van der Waals surface area contributed by atoms with Gasteiger partial charge in [-0.05, 0) is 82.5 Å². The number of aryl methyl sites for hydroxylation is 2. The Morgan fingerprint density at radius 3 is 2.54 bits per heavy atom. The van der Waals surface area contributed by atoms with Crippen LogP contribution < -0.4 is 15.0 Å². The van der Waals surface area contributed by atoms with Gasteiger partial charge in [-0.25, -0.2) is 23.9 Å². The molecule has 0 saturated carbocycles. The number of carbonyl (C=O) groups is 2. The highest BCUT2D eigenvalue weighted by atomic mass is 32.1. The van der Waals surface area contributed by atoms with Gasteiger partial charge in [0.05, 0.1) is 23.4 Å². The molecular formula is C35H36FN7O5S2. The van der Waals surface area contributed by atoms with Crippen molar-refractivity contribution in [1.29, 1.82) is 0 Å². The van der Waals surface area contributed by atoms with Crippen LogP contribution in [0.4, 0.5) is 31.1 Å². The lowest BCUT2D eigenvalue weighted by Crippen LogP contribution is -2.34. The summed E-state index contributed by atoms with van der Waals surface area (Å²) in [5.74, 6) is 5.07. The highest BCUT2D eigenvalue weighted by Crippen LogP contribution is 2.33. The van der Waals surface area contributed by atoms with Crippen molar-refractivity contribution in [2.45, 2.75) is 46.1 Å². The average Bonchev–Trinajstić information content (AvgIpc) is 3.68. The number of aromatic carboxylic acids is 1. The third kappa shape index (κ3) is 9.21. The van der Waals surface area contributed by atoms with E-state index in [4.69, 9.17) is 9.47 Å². The highest BCUT2D eigenvalue weighted by molar-refractivity contribution is 7.22. The van der Waals surface area contributed by atoms with E-state index < -0.39 is 23.5 Å². The van der Waals surface area contributed by atoms with Crippen LogP contribution >= 0.6 is 22.7 Å². The summed E-state index contributed by atoms with van der Waals surface area (Å²) in [5.41, 5.74) is 1.48. The SMILES string of the molecule is Cc1cc(N(C)c2nc(C(=O)O)c(CCCOc3ccc(C#CCN(C)C(=O)OC(C)(C)C)cc3F)s2)nnc1Nc1nc2ccccc2s1. The van der Waals surface area contributed by atoms with E-state index in [9.17, 15) is 19.1 Å². The molecule has 15 heteroatoms. The number of rotatable bonds is 11. The van der Waals surface area contributed by atoms with E-state index in [0.29, 0.717) is 45.2 Å². The molecule has 0 aliphatic rings. The number of halogens is 1. The van der Waals surface area contributed by atoms with Crippen molar-refractivity contribution >= 4 is 66.9 Å². The first-order valence-corrected chi connectivity index (χ1v) is 17.2. The molecule has 2 N–H and O–H groups in total. The number of benzene rings is 2. The summed E-state index contributed by atoms with van der Waals surface area (Å²) in [6, 6.07) is 14.1. The summed E-state index contributed by atoms with van der Waals surface area (Å²) < 4.78 is 26.7. The van der Waals surface area contributed by atoms with Crippen LogP contribution in [-0.2, 0) is 11.2 Å². The fourth-order valence-corrected chi connectivity index (χ4v) is 6.41. The van der Waals surface area contributed by atoms with E-state index in [-0.39, 0.29) is 24.6 Å². The van der Waals surface area contributed by atoms with E-state index in [0.717, 1.165) is 15.8 Å². The molecule has 0 unspecified atom stereocenters. The number of carboxylic acid groups (broad SMARTS) is 1. The predicted octanol–water partition coefficient (Wildman–Crippen LogP) is 7.43. The quantitative estimate of drug-likeness (QED) is 0.104. The summed E-state index contributed by atoms with van der Waals surface area (Å²) in [7, 11) is 3.32. The van der Waals surface area contributed by atoms with Crippen LogP contribution in [0.1, 0.15) is 53.7 Å². The summed E-state index contributed by atoms with van der Waals surface area (Å²) in [6.07, 6.45) is 0.289. The Morgan fingerprint density at radius 1 is 1.06 bits per heavy atom. The van der Waals surface area contributed by atoms with Crippen LogP contribution in [0.3, 0.4) is 0 Å². The number of carboxylic acids is 1. The maximum Gasteiger partial charge on any atom is 0.410 e. The second kappa shape index (κ2) is 15.5. The Balaban J connectivity index is 1.16. The normalized spacial score (nSPS) is 11.1. The van der Waals surface area contributed by atoms with Crippen LogP contribution in [0.2, 0.25) is 0 Å². The molecule has 12 nitrogen and oxygen atoms in total. The molecule has 5 aromatic rings. The number of hydrogen-bond donors (Lipinski definition) is 2. The van der Waals surface area contributed by atoms with Gasteiger partial charge in [0.25, 0.3) is 0 Å². The lowest BCUT2D eigenvalue weighted by atomic mass is 10.2. The van der Waals surface area contributed by atoms with Crippen molar-refractivity contribution in [3.8, 4) is 17.6 Å². The summed E-state index contributed by atoms with van der Waals surface area (Å²) in [4.78, 5) is 36.6. The number of ether oxygens (including phenoxy) is 2. The van der Waals surface area contributed by atoms with Gasteiger partial charge < -0.3 is 29.7 Å². The molecule has 0 atom stereocenters. The number of fused-ring (bicyclic) bond motifs is 1. The molecule has 3 aromatic heterocycles. The first kappa shape index (κ1) is 36.0. The number of para-hydroxylation sites is 1. The van der Waals surface area contributed by atoms with Crippen LogP contribution in [0, 0.1) is 24.6 Å². The van der Waals surface area contributed by atoms with Crippen LogP contribution in [0.15, 0.2) is 48.5 Å². The average molecular weight is 718 g/mol. The van der Waals surface area contributed by atoms with E-state index in [1.54, 1.807) is 45.8 Å². The zero-order valence-electron chi connectivity index (χ0n) is 28.4. The second-order valence-corrected chi connectivity index (χ2v) is 14.3. The van der Waals surface area contributed by atoms with Crippen molar-refractivity contribution in [2.24, 2.45) is 0 Å². The van der Waals surface area contributed by atoms with Gasteiger partial charge >= 0.3 is 12.1 Å². The number of hydrogen-bond acceptors (Lipinski definition) is 12. The Bertz CT molecular complexity index is 2050. The molecule has 0 aliphatic carbocycles. The predicted molar refractivity (Wildman–Crippen MR) is 193 cm³/mol. The van der Waals surface area contributed by atoms with Gasteiger partial charge in [-0.2, -0.15) is 0 Å². The maximum atomic E-state index is 14.7. The number of amides is 1. The molecule has 0 fully saturated rings. The summed E-state index contributed by atoms with van der Waals surface area (Å²) in [5, 5.41) is 22.9. The first-order chi connectivity index (χ1) is 23.8. The van der Waals surface area contributed by atoms with E-state index in [1.807, 2.05) is 37.3 Å². The summed E-state index contributed by atoms with van der Waals surface area (Å²) in [6.45, 7) is 7.50. The summed E-state index contributed by atoms with van der Waals surface area (Å²) >= 11 is 2.75. The van der Waals surface area contributed by atoms with Gasteiger partial charge in [0, 0.05) is 24.5 Å². The maximum absolute atomic E-state index is 14.7. The van der Waals surface area contributed by atoms with E-state index >= 15 is 0 Å². The largest absolute Gasteiger partial charge is 0.491 e. The first-order valence-electron chi connectivity index (χ1n) is 15.6. The molecule has 5 rings (SSSR count). The minimum atomic E-state index is -1.14. The van der Waals surface area contributed by atoms with Crippen molar-refractivity contribution in [3.63, 3.8) is 0 Å². The number of nitrogens with zero attached hydrogens (tertiary/aromatic N) is 6. The Labute approximate surface area is 296 Å². The van der Waals surface area contributed by atoms with Crippen molar-refractivity contribution in [2.75, 3.05) is 37.5 Å². The lowest BCUT2D eigenvalue weighted by Gasteiger charge is -2.23. The van der Waals surface area contributed by atoms with Crippen molar-refractivity contribution in [3.05, 3.63) is 76.0 Å². The second-order valence-electron chi connectivity index (χ2n) is 12.2. The van der Waals surface area contributed by atoms with Gasteiger partial charge in [-0.15, -0.1) is 21.5 Å². The molecule has 2 aromatic carbocycles. The minimum Gasteiger partial charge on any atom is -0.491 e. The standard InChI is InChI=1S/C35H36FN7O5S2/c1-21-19-28(40-41-30(21)39-32-37-24-12-7-8-13-26(24)49-32)43(6)33-38-29(31(44)45)27(50-33)14-10-18-47-25-16-15-22(20-23(25)36)11-9-17-42(5)34(46)48-35(2,3)4/h7-8,12-13,15-16,19-20H,10,14,17-18H2,1-6H3,(H,44,45)(H,37,39,41). The van der Waals surface area contributed by atoms with Crippen LogP contribution in [0.5, 0.6) is 5.75 Å². The number of carbonyl (C=O) groups excluding carboxylic acids is 1. The Kier molecular flexibility index (Phi) is 11.1.